The summed E-state index contributed by atoms with van der Waals surface area (Å²) in [4.78, 5) is 11.5. The minimum Gasteiger partial charge on any atom is -0.493 e. The number of carbonyl (C=O) groups excluding carboxylic acids is 1. The van der Waals surface area contributed by atoms with Gasteiger partial charge in [-0.25, -0.2) is 4.39 Å². The second-order valence-electron chi connectivity index (χ2n) is 4.23. The van der Waals surface area contributed by atoms with Crippen LogP contribution in [0.4, 0.5) is 4.39 Å². The number of ether oxygens (including phenoxy) is 2. The van der Waals surface area contributed by atoms with Crippen molar-refractivity contribution in [3.63, 3.8) is 0 Å². The molecule has 0 aliphatic heterocycles. The first-order valence-corrected chi connectivity index (χ1v) is 5.67. The van der Waals surface area contributed by atoms with Crippen molar-refractivity contribution in [2.45, 2.75) is 12.8 Å². The summed E-state index contributed by atoms with van der Waals surface area (Å²) in [5, 5.41) is 0. The molecule has 0 amide bonds. The number of rotatable bonds is 5. The minimum atomic E-state index is -0.302. The van der Waals surface area contributed by atoms with Crippen LogP contribution in [-0.4, -0.2) is 19.7 Å². The molecule has 1 aliphatic carbocycles. The fourth-order valence-electron chi connectivity index (χ4n) is 1.76. The smallest absolute Gasteiger partial charge is 0.312 e. The van der Waals surface area contributed by atoms with Crippen molar-refractivity contribution in [2.75, 3.05) is 13.7 Å². The second kappa shape index (κ2) is 5.17. The van der Waals surface area contributed by atoms with E-state index < -0.39 is 0 Å². The summed E-state index contributed by atoms with van der Waals surface area (Å²) in [5.41, 5.74) is 0. The van der Waals surface area contributed by atoms with E-state index >= 15 is 0 Å². The zero-order chi connectivity index (χ0) is 12.3. The topological polar surface area (TPSA) is 35.5 Å². The van der Waals surface area contributed by atoms with Gasteiger partial charge in [-0.2, -0.15) is 0 Å². The molecule has 0 heterocycles. The van der Waals surface area contributed by atoms with Gasteiger partial charge in [-0.3, -0.25) is 4.79 Å². The standard InChI is InChI=1S/C13H15FO3/c1-16-13(15)12(9-2-3-9)8-17-11-6-4-10(14)5-7-11/h4-7,9,12H,2-3,8H2,1H3. The van der Waals surface area contributed by atoms with E-state index in [1.807, 2.05) is 0 Å². The maximum atomic E-state index is 12.7. The summed E-state index contributed by atoms with van der Waals surface area (Å²) in [7, 11) is 1.38. The van der Waals surface area contributed by atoms with E-state index in [9.17, 15) is 9.18 Å². The fraction of sp³-hybridized carbons (Fsp3) is 0.462. The molecule has 17 heavy (non-hydrogen) atoms. The summed E-state index contributed by atoms with van der Waals surface area (Å²) in [6.07, 6.45) is 2.10. The number of hydrogen-bond acceptors (Lipinski definition) is 3. The van der Waals surface area contributed by atoms with Crippen LogP contribution in [0.25, 0.3) is 0 Å². The molecule has 0 bridgehead atoms. The first kappa shape index (κ1) is 11.9. The van der Waals surface area contributed by atoms with Crippen LogP contribution < -0.4 is 4.74 Å². The van der Waals surface area contributed by atoms with E-state index in [2.05, 4.69) is 0 Å². The number of carbonyl (C=O) groups is 1. The molecule has 0 radical (unpaired) electrons. The third-order valence-corrected chi connectivity index (χ3v) is 2.94. The molecule has 92 valence electrons. The van der Waals surface area contributed by atoms with Gasteiger partial charge < -0.3 is 9.47 Å². The van der Waals surface area contributed by atoms with E-state index in [1.54, 1.807) is 12.1 Å². The average Bonchev–Trinajstić information content (AvgIpc) is 3.16. The Bertz CT molecular complexity index is 384. The summed E-state index contributed by atoms with van der Waals surface area (Å²) in [5.74, 6) is 0.215. The van der Waals surface area contributed by atoms with Gasteiger partial charge in [0.25, 0.3) is 0 Å². The van der Waals surface area contributed by atoms with E-state index in [-0.39, 0.29) is 17.7 Å². The van der Waals surface area contributed by atoms with Crippen LogP contribution in [0.5, 0.6) is 5.75 Å². The Balaban J connectivity index is 1.90. The quantitative estimate of drug-likeness (QED) is 0.739. The van der Waals surface area contributed by atoms with Crippen molar-refractivity contribution in [1.82, 2.24) is 0 Å². The first-order chi connectivity index (χ1) is 8.20. The fourth-order valence-corrected chi connectivity index (χ4v) is 1.76. The summed E-state index contributed by atoms with van der Waals surface area (Å²) < 4.78 is 22.9. The maximum Gasteiger partial charge on any atom is 0.312 e. The molecule has 0 aromatic heterocycles. The predicted octanol–water partition coefficient (Wildman–Crippen LogP) is 2.40. The van der Waals surface area contributed by atoms with Crippen LogP contribution in [0, 0.1) is 17.7 Å². The van der Waals surface area contributed by atoms with Crippen LogP contribution in [0.3, 0.4) is 0 Å². The van der Waals surface area contributed by atoms with Crippen LogP contribution in [-0.2, 0) is 9.53 Å². The number of benzene rings is 1. The van der Waals surface area contributed by atoms with Crippen molar-refractivity contribution in [1.29, 1.82) is 0 Å². The van der Waals surface area contributed by atoms with Gasteiger partial charge in [-0.05, 0) is 43.0 Å². The Labute approximate surface area is 99.5 Å². The molecule has 1 saturated carbocycles. The van der Waals surface area contributed by atoms with Crippen LogP contribution >= 0.6 is 0 Å². The Morgan fingerprint density at radius 3 is 2.59 bits per heavy atom. The molecular weight excluding hydrogens is 223 g/mol. The van der Waals surface area contributed by atoms with Gasteiger partial charge >= 0.3 is 5.97 Å². The lowest BCUT2D eigenvalue weighted by Crippen LogP contribution is -2.25. The number of methoxy groups -OCH3 is 1. The lowest BCUT2D eigenvalue weighted by Gasteiger charge is -2.14. The van der Waals surface area contributed by atoms with Gasteiger partial charge in [-0.1, -0.05) is 0 Å². The molecule has 0 N–H and O–H groups in total. The van der Waals surface area contributed by atoms with Gasteiger partial charge in [0.1, 0.15) is 18.2 Å². The van der Waals surface area contributed by atoms with Gasteiger partial charge in [0, 0.05) is 0 Å². The Morgan fingerprint density at radius 2 is 2.06 bits per heavy atom. The normalized spacial score (nSPS) is 16.4. The van der Waals surface area contributed by atoms with Crippen LogP contribution in [0.15, 0.2) is 24.3 Å². The molecule has 0 saturated heterocycles. The van der Waals surface area contributed by atoms with Crippen LogP contribution in [0.2, 0.25) is 0 Å². The highest BCUT2D eigenvalue weighted by molar-refractivity contribution is 5.73. The molecule has 1 aromatic rings. The Kier molecular flexibility index (Phi) is 3.61. The molecular formula is C13H15FO3. The summed E-state index contributed by atoms with van der Waals surface area (Å²) in [6.45, 7) is 0.295. The van der Waals surface area contributed by atoms with Crippen molar-refractivity contribution in [3.05, 3.63) is 30.1 Å². The molecule has 1 fully saturated rings. The predicted molar refractivity (Wildman–Crippen MR) is 60.1 cm³/mol. The molecule has 2 rings (SSSR count). The first-order valence-electron chi connectivity index (χ1n) is 5.67. The van der Waals surface area contributed by atoms with Crippen molar-refractivity contribution in [3.8, 4) is 5.75 Å². The highest BCUT2D eigenvalue weighted by Gasteiger charge is 2.37. The highest BCUT2D eigenvalue weighted by atomic mass is 19.1. The SMILES string of the molecule is COC(=O)C(COc1ccc(F)cc1)C1CC1. The Morgan fingerprint density at radius 1 is 1.41 bits per heavy atom. The van der Waals surface area contributed by atoms with Crippen molar-refractivity contribution in [2.24, 2.45) is 11.8 Å². The molecule has 0 spiro atoms. The third kappa shape index (κ3) is 3.19. The van der Waals surface area contributed by atoms with E-state index in [1.165, 1.54) is 19.2 Å². The number of halogens is 1. The lowest BCUT2D eigenvalue weighted by atomic mass is 10.1. The maximum absolute atomic E-state index is 12.7. The molecule has 4 heteroatoms. The average molecular weight is 238 g/mol. The number of hydrogen-bond donors (Lipinski definition) is 0. The van der Waals surface area contributed by atoms with Gasteiger partial charge in [0.2, 0.25) is 0 Å². The molecule has 3 nitrogen and oxygen atoms in total. The molecule has 1 unspecified atom stereocenters. The lowest BCUT2D eigenvalue weighted by molar-refractivity contribution is -0.147. The molecule has 1 aromatic carbocycles. The largest absolute Gasteiger partial charge is 0.493 e. The zero-order valence-electron chi connectivity index (χ0n) is 9.69. The van der Waals surface area contributed by atoms with Gasteiger partial charge in [0.05, 0.1) is 13.0 Å². The zero-order valence-corrected chi connectivity index (χ0v) is 9.69. The van der Waals surface area contributed by atoms with Crippen molar-refractivity contribution < 1.29 is 18.7 Å². The van der Waals surface area contributed by atoms with E-state index in [4.69, 9.17) is 9.47 Å². The van der Waals surface area contributed by atoms with Crippen LogP contribution in [0.1, 0.15) is 12.8 Å². The summed E-state index contributed by atoms with van der Waals surface area (Å²) in [6, 6.07) is 5.77. The monoisotopic (exact) mass is 238 g/mol. The minimum absolute atomic E-state index is 0.204. The highest BCUT2D eigenvalue weighted by Crippen LogP contribution is 2.37. The molecule has 1 aliphatic rings. The Hall–Kier alpha value is -1.58. The number of esters is 1. The molecule has 1 atom stereocenters. The van der Waals surface area contributed by atoms with Crippen molar-refractivity contribution >= 4 is 5.97 Å². The summed E-state index contributed by atoms with van der Waals surface area (Å²) >= 11 is 0. The van der Waals surface area contributed by atoms with E-state index in [0.717, 1.165) is 12.8 Å². The van der Waals surface area contributed by atoms with E-state index in [0.29, 0.717) is 18.3 Å². The van der Waals surface area contributed by atoms with Gasteiger partial charge in [-0.15, -0.1) is 0 Å². The second-order valence-corrected chi connectivity index (χ2v) is 4.23. The van der Waals surface area contributed by atoms with Gasteiger partial charge in [0.15, 0.2) is 0 Å². The third-order valence-electron chi connectivity index (χ3n) is 2.94.